The van der Waals surface area contributed by atoms with E-state index in [2.05, 4.69) is 27.5 Å². The molecule has 0 aliphatic carbocycles. The third-order valence-electron chi connectivity index (χ3n) is 3.40. The molecule has 0 amide bonds. The minimum Gasteiger partial charge on any atom is -0.311 e. The maximum absolute atomic E-state index is 11.3. The Labute approximate surface area is 120 Å². The van der Waals surface area contributed by atoms with Gasteiger partial charge in [0, 0.05) is 32.4 Å². The Balaban J connectivity index is 1.72. The maximum Gasteiger partial charge on any atom is 0.152 e. The van der Waals surface area contributed by atoms with E-state index < -0.39 is 9.84 Å². The van der Waals surface area contributed by atoms with Gasteiger partial charge in [0.15, 0.2) is 9.84 Å². The third-order valence-corrected chi connectivity index (χ3v) is 5.01. The average molecular weight is 301 g/mol. The van der Waals surface area contributed by atoms with Crippen LogP contribution in [0.4, 0.5) is 0 Å². The van der Waals surface area contributed by atoms with Crippen molar-refractivity contribution in [2.45, 2.75) is 26.4 Å². The SMILES string of the molecule is CCCNCc1cn(CCN2CCS(=O)(=O)CC2)nn1. The number of sulfone groups is 1. The highest BCUT2D eigenvalue weighted by Gasteiger charge is 2.21. The fraction of sp³-hybridized carbons (Fsp3) is 0.833. The first-order valence-electron chi connectivity index (χ1n) is 7.11. The predicted molar refractivity (Wildman–Crippen MR) is 77.1 cm³/mol. The number of aromatic nitrogens is 3. The van der Waals surface area contributed by atoms with Crippen LogP contribution in [0.25, 0.3) is 0 Å². The molecule has 2 rings (SSSR count). The lowest BCUT2D eigenvalue weighted by molar-refractivity contribution is 0.277. The first-order chi connectivity index (χ1) is 9.59. The number of nitrogens with zero attached hydrogens (tertiary/aromatic N) is 4. The summed E-state index contributed by atoms with van der Waals surface area (Å²) in [6, 6.07) is 0. The molecule has 1 saturated heterocycles. The molecule has 114 valence electrons. The van der Waals surface area contributed by atoms with Gasteiger partial charge in [0.25, 0.3) is 0 Å². The lowest BCUT2D eigenvalue weighted by Gasteiger charge is -2.26. The van der Waals surface area contributed by atoms with Crippen molar-refractivity contribution in [3.8, 4) is 0 Å². The van der Waals surface area contributed by atoms with E-state index in [4.69, 9.17) is 0 Å². The molecule has 1 aliphatic heterocycles. The third kappa shape index (κ3) is 4.84. The van der Waals surface area contributed by atoms with Crippen molar-refractivity contribution >= 4 is 9.84 Å². The quantitative estimate of drug-likeness (QED) is 0.685. The Bertz CT molecular complexity index is 500. The molecule has 0 bridgehead atoms. The van der Waals surface area contributed by atoms with Crippen LogP contribution in [0.15, 0.2) is 6.20 Å². The van der Waals surface area contributed by atoms with Crippen molar-refractivity contribution in [1.82, 2.24) is 25.2 Å². The molecule has 0 atom stereocenters. The van der Waals surface area contributed by atoms with E-state index in [0.29, 0.717) is 13.1 Å². The van der Waals surface area contributed by atoms with E-state index in [9.17, 15) is 8.42 Å². The molecular formula is C12H23N5O2S. The molecule has 1 aromatic heterocycles. The maximum atomic E-state index is 11.3. The summed E-state index contributed by atoms with van der Waals surface area (Å²) < 4.78 is 24.5. The molecule has 20 heavy (non-hydrogen) atoms. The molecule has 0 saturated carbocycles. The highest BCUT2D eigenvalue weighted by molar-refractivity contribution is 7.91. The van der Waals surface area contributed by atoms with Crippen molar-refractivity contribution < 1.29 is 8.42 Å². The van der Waals surface area contributed by atoms with Gasteiger partial charge in [-0.2, -0.15) is 0 Å². The van der Waals surface area contributed by atoms with Crippen molar-refractivity contribution in [3.63, 3.8) is 0 Å². The van der Waals surface area contributed by atoms with Gasteiger partial charge in [-0.1, -0.05) is 12.1 Å². The minimum atomic E-state index is -2.79. The summed E-state index contributed by atoms with van der Waals surface area (Å²) in [5, 5.41) is 11.5. The second-order valence-corrected chi connectivity index (χ2v) is 7.45. The largest absolute Gasteiger partial charge is 0.311 e. The van der Waals surface area contributed by atoms with Crippen molar-refractivity contribution in [2.24, 2.45) is 0 Å². The van der Waals surface area contributed by atoms with E-state index in [-0.39, 0.29) is 11.5 Å². The van der Waals surface area contributed by atoms with Crippen molar-refractivity contribution in [1.29, 1.82) is 0 Å². The summed E-state index contributed by atoms with van der Waals surface area (Å²) in [4.78, 5) is 2.16. The predicted octanol–water partition coefficient (Wildman–Crippen LogP) is -0.492. The molecule has 0 unspecified atom stereocenters. The zero-order valence-electron chi connectivity index (χ0n) is 12.0. The standard InChI is InChI=1S/C12H23N5O2S/c1-2-3-13-10-12-11-17(15-14-12)5-4-16-6-8-20(18,19)9-7-16/h11,13H,2-10H2,1H3. The van der Waals surface area contributed by atoms with Crippen LogP contribution in [-0.2, 0) is 22.9 Å². The Hall–Kier alpha value is -0.990. The molecular weight excluding hydrogens is 278 g/mol. The van der Waals surface area contributed by atoms with Crippen LogP contribution in [-0.4, -0.2) is 66.0 Å². The Morgan fingerprint density at radius 3 is 2.75 bits per heavy atom. The summed E-state index contributed by atoms with van der Waals surface area (Å²) in [6.07, 6.45) is 3.05. The van der Waals surface area contributed by atoms with Crippen LogP contribution >= 0.6 is 0 Å². The first-order valence-corrected chi connectivity index (χ1v) is 8.94. The van der Waals surface area contributed by atoms with Gasteiger partial charge < -0.3 is 5.32 Å². The molecule has 1 fully saturated rings. The normalized spacial score (nSPS) is 19.2. The molecule has 0 radical (unpaired) electrons. The second-order valence-electron chi connectivity index (χ2n) is 5.14. The van der Waals surface area contributed by atoms with Gasteiger partial charge in [-0.05, 0) is 13.0 Å². The number of hydrogen-bond acceptors (Lipinski definition) is 6. The molecule has 2 heterocycles. The van der Waals surface area contributed by atoms with Gasteiger partial charge in [0.2, 0.25) is 0 Å². The van der Waals surface area contributed by atoms with Gasteiger partial charge in [0.1, 0.15) is 0 Å². The number of hydrogen-bond donors (Lipinski definition) is 1. The lowest BCUT2D eigenvalue weighted by Crippen LogP contribution is -2.41. The van der Waals surface area contributed by atoms with Crippen molar-refractivity contribution in [3.05, 3.63) is 11.9 Å². The van der Waals surface area contributed by atoms with Crippen LogP contribution in [0, 0.1) is 0 Å². The van der Waals surface area contributed by atoms with Gasteiger partial charge in [0.05, 0.1) is 23.7 Å². The smallest absolute Gasteiger partial charge is 0.152 e. The summed E-state index contributed by atoms with van der Waals surface area (Å²) in [5.74, 6) is 0.549. The van der Waals surface area contributed by atoms with E-state index in [1.165, 1.54) is 0 Å². The summed E-state index contributed by atoms with van der Waals surface area (Å²) in [5.41, 5.74) is 0.944. The fourth-order valence-corrected chi connectivity index (χ4v) is 3.42. The van der Waals surface area contributed by atoms with Gasteiger partial charge in [-0.15, -0.1) is 5.10 Å². The average Bonchev–Trinajstić information content (AvgIpc) is 2.86. The number of rotatable bonds is 7. The molecule has 0 spiro atoms. The Kier molecular flexibility index (Phi) is 5.50. The molecule has 7 nitrogen and oxygen atoms in total. The van der Waals surface area contributed by atoms with E-state index in [1.54, 1.807) is 0 Å². The monoisotopic (exact) mass is 301 g/mol. The van der Waals surface area contributed by atoms with Crippen LogP contribution in [0.1, 0.15) is 19.0 Å². The van der Waals surface area contributed by atoms with E-state index in [0.717, 1.165) is 38.3 Å². The lowest BCUT2D eigenvalue weighted by atomic mass is 10.4. The fourth-order valence-electron chi connectivity index (χ4n) is 2.14. The highest BCUT2D eigenvalue weighted by atomic mass is 32.2. The van der Waals surface area contributed by atoms with Crippen molar-refractivity contribution in [2.75, 3.05) is 37.7 Å². The summed E-state index contributed by atoms with van der Waals surface area (Å²) >= 11 is 0. The van der Waals surface area contributed by atoms with Crippen LogP contribution < -0.4 is 5.32 Å². The van der Waals surface area contributed by atoms with Crippen LogP contribution in [0.5, 0.6) is 0 Å². The second kappa shape index (κ2) is 7.14. The summed E-state index contributed by atoms with van der Waals surface area (Å²) in [6.45, 7) is 6.68. The van der Waals surface area contributed by atoms with Crippen LogP contribution in [0.3, 0.4) is 0 Å². The molecule has 1 N–H and O–H groups in total. The molecule has 0 aromatic carbocycles. The van der Waals surface area contributed by atoms with Gasteiger partial charge in [-0.3, -0.25) is 9.58 Å². The topological polar surface area (TPSA) is 80.1 Å². The van der Waals surface area contributed by atoms with E-state index >= 15 is 0 Å². The Morgan fingerprint density at radius 1 is 1.30 bits per heavy atom. The minimum absolute atomic E-state index is 0.274. The van der Waals surface area contributed by atoms with Gasteiger partial charge >= 0.3 is 0 Å². The number of nitrogens with one attached hydrogen (secondary N) is 1. The molecule has 1 aliphatic rings. The van der Waals surface area contributed by atoms with Crippen LogP contribution in [0.2, 0.25) is 0 Å². The molecule has 8 heteroatoms. The van der Waals surface area contributed by atoms with E-state index in [1.807, 2.05) is 10.9 Å². The zero-order chi connectivity index (χ0) is 14.4. The first kappa shape index (κ1) is 15.4. The Morgan fingerprint density at radius 2 is 2.05 bits per heavy atom. The summed E-state index contributed by atoms with van der Waals surface area (Å²) in [7, 11) is -2.79. The highest BCUT2D eigenvalue weighted by Crippen LogP contribution is 2.03. The molecule has 1 aromatic rings. The zero-order valence-corrected chi connectivity index (χ0v) is 12.8. The van der Waals surface area contributed by atoms with Gasteiger partial charge in [-0.25, -0.2) is 8.42 Å².